The summed E-state index contributed by atoms with van der Waals surface area (Å²) < 4.78 is 0. The van der Waals surface area contributed by atoms with Gasteiger partial charge in [0, 0.05) is 6.54 Å². The minimum atomic E-state index is -0.802. The average Bonchev–Trinajstić information content (AvgIpc) is 2.37. The van der Waals surface area contributed by atoms with Crippen LogP contribution in [-0.4, -0.2) is 29.6 Å². The third-order valence-electron chi connectivity index (χ3n) is 3.37. The van der Waals surface area contributed by atoms with Gasteiger partial charge in [-0.15, -0.1) is 0 Å². The lowest BCUT2D eigenvalue weighted by molar-refractivity contribution is -0.138. The first-order chi connectivity index (χ1) is 9.94. The topological polar surface area (TPSA) is 40.5 Å². The highest BCUT2D eigenvalue weighted by molar-refractivity contribution is 5.69. The third kappa shape index (κ3) is 4.43. The second-order valence-electron chi connectivity index (χ2n) is 5.64. The first-order valence-corrected chi connectivity index (χ1v) is 7.02. The molecule has 21 heavy (non-hydrogen) atoms. The van der Waals surface area contributed by atoms with Crippen LogP contribution in [0.3, 0.4) is 0 Å². The van der Waals surface area contributed by atoms with Crippen molar-refractivity contribution in [2.45, 2.75) is 20.4 Å². The highest BCUT2D eigenvalue weighted by Gasteiger charge is 2.05. The zero-order chi connectivity index (χ0) is 15.4. The number of benzene rings is 2. The molecule has 0 aliphatic rings. The Balaban J connectivity index is 2.13. The number of carbonyl (C=O) groups is 1. The minimum Gasteiger partial charge on any atom is -0.480 e. The Morgan fingerprint density at radius 2 is 1.57 bits per heavy atom. The van der Waals surface area contributed by atoms with Crippen LogP contribution in [0, 0.1) is 13.8 Å². The summed E-state index contributed by atoms with van der Waals surface area (Å²) in [6, 6.07) is 14.8. The van der Waals surface area contributed by atoms with E-state index in [0.717, 1.165) is 5.56 Å². The summed E-state index contributed by atoms with van der Waals surface area (Å²) in [5.74, 6) is -0.802. The van der Waals surface area contributed by atoms with Gasteiger partial charge in [0.25, 0.3) is 0 Å². The van der Waals surface area contributed by atoms with Crippen LogP contribution in [0.25, 0.3) is 11.1 Å². The summed E-state index contributed by atoms with van der Waals surface area (Å²) in [5.41, 5.74) is 6.04. The smallest absolute Gasteiger partial charge is 0.317 e. The molecule has 2 rings (SSSR count). The molecule has 0 unspecified atom stereocenters. The van der Waals surface area contributed by atoms with E-state index >= 15 is 0 Å². The lowest BCUT2D eigenvalue weighted by atomic mass is 10.00. The van der Waals surface area contributed by atoms with Crippen molar-refractivity contribution >= 4 is 5.97 Å². The van der Waals surface area contributed by atoms with E-state index in [-0.39, 0.29) is 6.54 Å². The van der Waals surface area contributed by atoms with Gasteiger partial charge in [0.05, 0.1) is 6.54 Å². The van der Waals surface area contributed by atoms with Crippen LogP contribution >= 0.6 is 0 Å². The molecule has 0 spiro atoms. The summed E-state index contributed by atoms with van der Waals surface area (Å²) in [5, 5.41) is 8.76. The van der Waals surface area contributed by atoms with E-state index in [2.05, 4.69) is 56.3 Å². The number of carboxylic acid groups (broad SMARTS) is 1. The van der Waals surface area contributed by atoms with Crippen LogP contribution in [0.5, 0.6) is 0 Å². The lowest BCUT2D eigenvalue weighted by Crippen LogP contribution is -2.25. The molecular weight excluding hydrogens is 262 g/mol. The molecule has 110 valence electrons. The second kappa shape index (κ2) is 6.55. The van der Waals surface area contributed by atoms with Gasteiger partial charge < -0.3 is 5.11 Å². The predicted octanol–water partition coefficient (Wildman–Crippen LogP) is 3.49. The van der Waals surface area contributed by atoms with Gasteiger partial charge in [-0.05, 0) is 37.6 Å². The third-order valence-corrected chi connectivity index (χ3v) is 3.37. The Morgan fingerprint density at radius 3 is 2.10 bits per heavy atom. The predicted molar refractivity (Wildman–Crippen MR) is 85.3 cm³/mol. The molecule has 2 aromatic carbocycles. The Bertz CT molecular complexity index is 612. The van der Waals surface area contributed by atoms with Crippen molar-refractivity contribution in [3.05, 3.63) is 59.2 Å². The molecule has 3 nitrogen and oxygen atoms in total. The zero-order valence-electron chi connectivity index (χ0n) is 12.8. The lowest BCUT2D eigenvalue weighted by Gasteiger charge is -2.14. The number of hydrogen-bond acceptors (Lipinski definition) is 2. The SMILES string of the molecule is Cc1cc(C)cc(-c2ccc(CN(C)CC(=O)O)cc2)c1. The summed E-state index contributed by atoms with van der Waals surface area (Å²) >= 11 is 0. The summed E-state index contributed by atoms with van der Waals surface area (Å²) in [6.07, 6.45) is 0. The Hall–Kier alpha value is -2.13. The molecule has 0 aliphatic carbocycles. The van der Waals surface area contributed by atoms with Crippen LogP contribution in [0.2, 0.25) is 0 Å². The molecule has 2 aromatic rings. The highest BCUT2D eigenvalue weighted by atomic mass is 16.4. The first-order valence-electron chi connectivity index (χ1n) is 7.02. The molecule has 0 atom stereocenters. The number of carboxylic acids is 1. The number of rotatable bonds is 5. The number of hydrogen-bond donors (Lipinski definition) is 1. The Morgan fingerprint density at radius 1 is 1.00 bits per heavy atom. The highest BCUT2D eigenvalue weighted by Crippen LogP contribution is 2.22. The van der Waals surface area contributed by atoms with Crippen molar-refractivity contribution in [3.8, 4) is 11.1 Å². The number of aliphatic carboxylic acids is 1. The van der Waals surface area contributed by atoms with Crippen molar-refractivity contribution < 1.29 is 9.90 Å². The maximum Gasteiger partial charge on any atom is 0.317 e. The van der Waals surface area contributed by atoms with Gasteiger partial charge in [-0.2, -0.15) is 0 Å². The van der Waals surface area contributed by atoms with E-state index < -0.39 is 5.97 Å². The van der Waals surface area contributed by atoms with Gasteiger partial charge in [0.2, 0.25) is 0 Å². The zero-order valence-corrected chi connectivity index (χ0v) is 12.8. The second-order valence-corrected chi connectivity index (χ2v) is 5.64. The fraction of sp³-hybridized carbons (Fsp3) is 0.278. The maximum absolute atomic E-state index is 10.7. The maximum atomic E-state index is 10.7. The molecule has 0 saturated heterocycles. The van der Waals surface area contributed by atoms with E-state index in [1.807, 2.05) is 7.05 Å². The molecule has 0 aromatic heterocycles. The molecule has 0 aliphatic heterocycles. The normalized spacial score (nSPS) is 10.9. The van der Waals surface area contributed by atoms with Crippen LogP contribution in [0.1, 0.15) is 16.7 Å². The summed E-state index contributed by atoms with van der Waals surface area (Å²) in [7, 11) is 1.81. The molecule has 0 fully saturated rings. The van der Waals surface area contributed by atoms with E-state index in [1.54, 1.807) is 4.90 Å². The molecule has 0 saturated carbocycles. The Labute approximate surface area is 125 Å². The molecule has 0 amide bonds. The fourth-order valence-electron chi connectivity index (χ4n) is 2.54. The van der Waals surface area contributed by atoms with E-state index in [9.17, 15) is 4.79 Å². The molecule has 3 heteroatoms. The van der Waals surface area contributed by atoms with E-state index in [0.29, 0.717) is 6.54 Å². The van der Waals surface area contributed by atoms with E-state index in [1.165, 1.54) is 22.3 Å². The average molecular weight is 283 g/mol. The Kier molecular flexibility index (Phi) is 4.76. The van der Waals surface area contributed by atoms with Crippen molar-refractivity contribution in [1.82, 2.24) is 4.90 Å². The minimum absolute atomic E-state index is 0.0544. The number of nitrogens with zero attached hydrogens (tertiary/aromatic N) is 1. The van der Waals surface area contributed by atoms with Crippen molar-refractivity contribution in [1.29, 1.82) is 0 Å². The monoisotopic (exact) mass is 283 g/mol. The van der Waals surface area contributed by atoms with Gasteiger partial charge in [0.1, 0.15) is 0 Å². The molecule has 0 bridgehead atoms. The summed E-state index contributed by atoms with van der Waals surface area (Å²) in [4.78, 5) is 12.4. The standard InChI is InChI=1S/C18H21NO2/c1-13-8-14(2)10-17(9-13)16-6-4-15(5-7-16)11-19(3)12-18(20)21/h4-10H,11-12H2,1-3H3,(H,20,21). The van der Waals surface area contributed by atoms with Gasteiger partial charge in [0.15, 0.2) is 0 Å². The fourth-order valence-corrected chi connectivity index (χ4v) is 2.54. The van der Waals surface area contributed by atoms with Crippen LogP contribution < -0.4 is 0 Å². The van der Waals surface area contributed by atoms with Crippen molar-refractivity contribution in [2.24, 2.45) is 0 Å². The van der Waals surface area contributed by atoms with Crippen molar-refractivity contribution in [2.75, 3.05) is 13.6 Å². The van der Waals surface area contributed by atoms with Crippen LogP contribution in [0.15, 0.2) is 42.5 Å². The number of aryl methyl sites for hydroxylation is 2. The van der Waals surface area contributed by atoms with Crippen molar-refractivity contribution in [3.63, 3.8) is 0 Å². The van der Waals surface area contributed by atoms with Crippen LogP contribution in [-0.2, 0) is 11.3 Å². The van der Waals surface area contributed by atoms with Gasteiger partial charge in [-0.25, -0.2) is 0 Å². The molecule has 1 N–H and O–H groups in total. The van der Waals surface area contributed by atoms with Gasteiger partial charge in [-0.1, -0.05) is 53.6 Å². The van der Waals surface area contributed by atoms with Crippen LogP contribution in [0.4, 0.5) is 0 Å². The largest absolute Gasteiger partial charge is 0.480 e. The van der Waals surface area contributed by atoms with E-state index in [4.69, 9.17) is 5.11 Å². The molecule has 0 radical (unpaired) electrons. The van der Waals surface area contributed by atoms with Gasteiger partial charge in [-0.3, -0.25) is 9.69 Å². The summed E-state index contributed by atoms with van der Waals surface area (Å²) in [6.45, 7) is 4.90. The van der Waals surface area contributed by atoms with Gasteiger partial charge >= 0.3 is 5.97 Å². The molecular formula is C18H21NO2. The quantitative estimate of drug-likeness (QED) is 0.913. The number of likely N-dealkylation sites (N-methyl/N-ethyl adjacent to an activating group) is 1. The first kappa shape index (κ1) is 15.3. The molecule has 0 heterocycles.